The van der Waals surface area contributed by atoms with Crippen molar-refractivity contribution in [3.05, 3.63) is 0 Å². The van der Waals surface area contributed by atoms with Gasteiger partial charge >= 0.3 is 39.5 Å². The number of hydrogen-bond acceptors (Lipinski definition) is 15. The zero-order chi connectivity index (χ0) is 60.8. The molecule has 0 aliphatic rings. The standard InChI is InChI=1S/C63H122O17P2/c1-7-9-11-13-14-15-16-17-18-22-28-34-40-46-61(66)74-52-59(80-62(67)47-41-35-29-23-20-19-21-26-32-37-43-55(3)4)54-78-82(71,72)76-50-57(64)49-75-81(69,70)77-53-58(51-73-60(65)45-39-31-12-10-8-2)79-63(68)48-42-36-30-25-24-27-33-38-44-56(5)6/h55-59,64H,7-54H2,1-6H3,(H,69,70)(H,71,72)/t57-,58+,59+/m0/s1. The fourth-order valence-electron chi connectivity index (χ4n) is 9.35. The molecule has 0 rings (SSSR count). The number of ether oxygens (including phenoxy) is 4. The lowest BCUT2D eigenvalue weighted by atomic mass is 10.0. The average molecular weight is 1210 g/mol. The number of carbonyl (C=O) groups is 4. The van der Waals surface area contributed by atoms with E-state index in [1.807, 2.05) is 0 Å². The van der Waals surface area contributed by atoms with Crippen molar-refractivity contribution in [1.29, 1.82) is 0 Å². The number of unbranched alkanes of at least 4 members (excludes halogenated alkanes) is 32. The third-order valence-electron chi connectivity index (χ3n) is 14.5. The van der Waals surface area contributed by atoms with E-state index in [0.717, 1.165) is 108 Å². The Bertz CT molecular complexity index is 1620. The van der Waals surface area contributed by atoms with E-state index < -0.39 is 97.5 Å². The Labute approximate surface area is 498 Å². The van der Waals surface area contributed by atoms with E-state index in [2.05, 4.69) is 41.5 Å². The first kappa shape index (κ1) is 80.1. The SMILES string of the molecule is CCCCCCCCCCCCCCCC(=O)OC[C@H](COP(=O)(O)OC[C@@H](O)COP(=O)(O)OC[C@@H](COC(=O)CCCCCCC)OC(=O)CCCCCCCCCCC(C)C)OC(=O)CCCCCCCCCCCCC(C)C. The second-order valence-corrected chi connectivity index (χ2v) is 26.7. The molecule has 0 aromatic heterocycles. The highest BCUT2D eigenvalue weighted by molar-refractivity contribution is 7.47. The first-order valence-corrected chi connectivity index (χ1v) is 36.0. The Hall–Kier alpha value is -1.94. The fraction of sp³-hybridized carbons (Fsp3) is 0.937. The van der Waals surface area contributed by atoms with Gasteiger partial charge in [-0.05, 0) is 37.5 Å². The monoisotopic (exact) mass is 1210 g/mol. The first-order valence-electron chi connectivity index (χ1n) is 33.0. The molecule has 3 N–H and O–H groups in total. The van der Waals surface area contributed by atoms with Gasteiger partial charge in [-0.25, -0.2) is 9.13 Å². The van der Waals surface area contributed by atoms with E-state index in [-0.39, 0.29) is 25.7 Å². The Kier molecular flexibility index (Phi) is 54.3. The molecule has 17 nitrogen and oxygen atoms in total. The van der Waals surface area contributed by atoms with Gasteiger partial charge in [-0.2, -0.15) is 0 Å². The highest BCUT2D eigenvalue weighted by Gasteiger charge is 2.30. The maximum absolute atomic E-state index is 13.0. The summed E-state index contributed by atoms with van der Waals surface area (Å²) in [5, 5.41) is 10.5. The highest BCUT2D eigenvalue weighted by atomic mass is 31.2. The van der Waals surface area contributed by atoms with Gasteiger partial charge in [0.2, 0.25) is 0 Å². The van der Waals surface area contributed by atoms with E-state index in [1.54, 1.807) is 0 Å². The number of phosphoric acid groups is 2. The van der Waals surface area contributed by atoms with Gasteiger partial charge < -0.3 is 33.8 Å². The van der Waals surface area contributed by atoms with Crippen LogP contribution in [0.15, 0.2) is 0 Å². The van der Waals surface area contributed by atoms with Crippen LogP contribution in [0.5, 0.6) is 0 Å². The average Bonchev–Trinajstić information content (AvgIpc) is 3.45. The van der Waals surface area contributed by atoms with Gasteiger partial charge in [-0.15, -0.1) is 0 Å². The van der Waals surface area contributed by atoms with Crippen LogP contribution in [-0.4, -0.2) is 96.7 Å². The van der Waals surface area contributed by atoms with Crippen molar-refractivity contribution >= 4 is 39.5 Å². The van der Waals surface area contributed by atoms with Crippen molar-refractivity contribution in [3.8, 4) is 0 Å². The largest absolute Gasteiger partial charge is 0.472 e. The minimum atomic E-state index is -4.94. The van der Waals surface area contributed by atoms with Gasteiger partial charge in [-0.1, -0.05) is 260 Å². The lowest BCUT2D eigenvalue weighted by molar-refractivity contribution is -0.161. The van der Waals surface area contributed by atoms with Gasteiger partial charge in [-0.3, -0.25) is 37.3 Å². The topological polar surface area (TPSA) is 237 Å². The molecule has 486 valence electrons. The van der Waals surface area contributed by atoms with Crippen molar-refractivity contribution < 1.29 is 80.2 Å². The predicted molar refractivity (Wildman–Crippen MR) is 326 cm³/mol. The number of carbonyl (C=O) groups excluding carboxylic acids is 4. The normalized spacial score (nSPS) is 14.3. The molecule has 5 atom stereocenters. The summed E-state index contributed by atoms with van der Waals surface area (Å²) in [4.78, 5) is 71.9. The molecule has 0 aliphatic heterocycles. The molecule has 0 bridgehead atoms. The van der Waals surface area contributed by atoms with Crippen LogP contribution in [0, 0.1) is 11.8 Å². The number of aliphatic hydroxyl groups is 1. The Morgan fingerprint density at radius 2 is 0.561 bits per heavy atom. The second kappa shape index (κ2) is 55.6. The van der Waals surface area contributed by atoms with Crippen molar-refractivity contribution in [1.82, 2.24) is 0 Å². The summed E-state index contributed by atoms with van der Waals surface area (Å²) in [6, 6.07) is 0. The van der Waals surface area contributed by atoms with Crippen molar-refractivity contribution in [3.63, 3.8) is 0 Å². The van der Waals surface area contributed by atoms with Gasteiger partial charge in [0.1, 0.15) is 19.3 Å². The minimum absolute atomic E-state index is 0.103. The molecule has 0 aliphatic carbocycles. The molecule has 0 aromatic carbocycles. The summed E-state index contributed by atoms with van der Waals surface area (Å²) < 4.78 is 67.8. The quantitative estimate of drug-likeness (QED) is 0.0222. The van der Waals surface area contributed by atoms with E-state index >= 15 is 0 Å². The van der Waals surface area contributed by atoms with Crippen molar-refractivity contribution in [2.75, 3.05) is 39.6 Å². The summed E-state index contributed by atoms with van der Waals surface area (Å²) in [6.07, 6.45) is 37.9. The molecule has 0 amide bonds. The molecule has 2 unspecified atom stereocenters. The molecule has 0 radical (unpaired) electrons. The van der Waals surface area contributed by atoms with Crippen LogP contribution in [0.25, 0.3) is 0 Å². The molecule has 0 saturated carbocycles. The van der Waals surface area contributed by atoms with Crippen molar-refractivity contribution in [2.45, 2.75) is 330 Å². The maximum atomic E-state index is 13.0. The molecule has 0 fully saturated rings. The molecule has 0 heterocycles. The number of hydrogen-bond donors (Lipinski definition) is 3. The van der Waals surface area contributed by atoms with Crippen LogP contribution in [0.3, 0.4) is 0 Å². The molecule has 19 heteroatoms. The zero-order valence-corrected chi connectivity index (χ0v) is 54.6. The summed E-state index contributed by atoms with van der Waals surface area (Å²) in [6.45, 7) is 9.35. The Morgan fingerprint density at radius 1 is 0.329 bits per heavy atom. The summed E-state index contributed by atoms with van der Waals surface area (Å²) in [5.74, 6) is -0.675. The first-order chi connectivity index (χ1) is 39.4. The van der Waals surface area contributed by atoms with E-state index in [9.17, 15) is 43.2 Å². The second-order valence-electron chi connectivity index (χ2n) is 23.7. The number of phosphoric ester groups is 2. The number of esters is 4. The van der Waals surface area contributed by atoms with Crippen molar-refractivity contribution in [2.24, 2.45) is 11.8 Å². The smallest absolute Gasteiger partial charge is 0.462 e. The molecular formula is C63H122O17P2. The van der Waals surface area contributed by atoms with Gasteiger partial charge in [0.15, 0.2) is 12.2 Å². The van der Waals surface area contributed by atoms with Crippen LogP contribution in [0.4, 0.5) is 0 Å². The van der Waals surface area contributed by atoms with Crippen LogP contribution < -0.4 is 0 Å². The summed E-state index contributed by atoms with van der Waals surface area (Å²) in [5.41, 5.74) is 0. The number of aliphatic hydroxyl groups excluding tert-OH is 1. The zero-order valence-electron chi connectivity index (χ0n) is 52.8. The number of rotatable bonds is 62. The van der Waals surface area contributed by atoms with Gasteiger partial charge in [0.05, 0.1) is 26.4 Å². The third-order valence-corrected chi connectivity index (χ3v) is 16.4. The predicted octanol–water partition coefficient (Wildman–Crippen LogP) is 17.3. The third kappa shape index (κ3) is 57.2. The van der Waals surface area contributed by atoms with Crippen LogP contribution in [0.1, 0.15) is 311 Å². The Morgan fingerprint density at radius 3 is 0.829 bits per heavy atom. The Balaban J connectivity index is 5.18. The minimum Gasteiger partial charge on any atom is -0.462 e. The molecule has 82 heavy (non-hydrogen) atoms. The maximum Gasteiger partial charge on any atom is 0.472 e. The van der Waals surface area contributed by atoms with E-state index in [1.165, 1.54) is 122 Å². The summed E-state index contributed by atoms with van der Waals surface area (Å²) in [7, 11) is -9.88. The van der Waals surface area contributed by atoms with Crippen LogP contribution >= 0.6 is 15.6 Å². The summed E-state index contributed by atoms with van der Waals surface area (Å²) >= 11 is 0. The van der Waals surface area contributed by atoms with Gasteiger partial charge in [0.25, 0.3) is 0 Å². The van der Waals surface area contributed by atoms with Crippen LogP contribution in [-0.2, 0) is 65.4 Å². The molecule has 0 aromatic rings. The molecule has 0 saturated heterocycles. The highest BCUT2D eigenvalue weighted by Crippen LogP contribution is 2.45. The van der Waals surface area contributed by atoms with E-state index in [0.29, 0.717) is 25.7 Å². The lowest BCUT2D eigenvalue weighted by Crippen LogP contribution is -2.30. The van der Waals surface area contributed by atoms with Crippen LogP contribution in [0.2, 0.25) is 0 Å². The molecular weight excluding hydrogens is 1090 g/mol. The molecule has 0 spiro atoms. The van der Waals surface area contributed by atoms with E-state index in [4.69, 9.17) is 37.0 Å². The lowest BCUT2D eigenvalue weighted by Gasteiger charge is -2.21. The fourth-order valence-corrected chi connectivity index (χ4v) is 10.9. The van der Waals surface area contributed by atoms with Gasteiger partial charge in [0, 0.05) is 25.7 Å².